The summed E-state index contributed by atoms with van der Waals surface area (Å²) >= 11 is 0. The van der Waals surface area contributed by atoms with Gasteiger partial charge in [0.1, 0.15) is 5.52 Å². The van der Waals surface area contributed by atoms with E-state index in [1.54, 1.807) is 10.7 Å². The second-order valence-corrected chi connectivity index (χ2v) is 5.20. The van der Waals surface area contributed by atoms with E-state index in [4.69, 9.17) is 4.98 Å². The van der Waals surface area contributed by atoms with Crippen molar-refractivity contribution in [3.05, 3.63) is 60.8 Å². The molecule has 0 unspecified atom stereocenters. The average molecular weight is 285 g/mol. The van der Waals surface area contributed by atoms with Crippen molar-refractivity contribution in [3.63, 3.8) is 0 Å². The number of fused-ring (bicyclic) bond motifs is 4. The van der Waals surface area contributed by atoms with Gasteiger partial charge in [-0.25, -0.2) is 9.97 Å². The third-order valence-corrected chi connectivity index (χ3v) is 3.84. The number of H-pyrrole nitrogens is 1. The summed E-state index contributed by atoms with van der Waals surface area (Å²) in [5, 5.41) is 5.77. The molecule has 5 nitrogen and oxygen atoms in total. The van der Waals surface area contributed by atoms with Crippen LogP contribution >= 0.6 is 0 Å². The van der Waals surface area contributed by atoms with Crippen LogP contribution in [-0.4, -0.2) is 24.6 Å². The Labute approximate surface area is 125 Å². The number of benzene rings is 2. The standard InChI is InChI=1S/C17H11N5/c1-2-6-11(7-3-1)17-18-10-14-20-15-12-8-4-5-9-13(12)19-16(15)21-22(14)17/h1-10H,(H,19,21). The molecule has 0 fully saturated rings. The first-order valence-corrected chi connectivity index (χ1v) is 7.08. The zero-order chi connectivity index (χ0) is 14.5. The van der Waals surface area contributed by atoms with Crippen LogP contribution in [0.1, 0.15) is 0 Å². The average Bonchev–Trinajstić information content (AvgIpc) is 3.14. The van der Waals surface area contributed by atoms with Gasteiger partial charge in [-0.2, -0.15) is 4.52 Å². The largest absolute Gasteiger partial charge is 0.336 e. The summed E-state index contributed by atoms with van der Waals surface area (Å²) in [5.74, 6) is 0.795. The third-order valence-electron chi connectivity index (χ3n) is 3.84. The summed E-state index contributed by atoms with van der Waals surface area (Å²) in [4.78, 5) is 12.5. The third kappa shape index (κ3) is 1.50. The smallest absolute Gasteiger partial charge is 0.178 e. The van der Waals surface area contributed by atoms with Crippen molar-refractivity contribution in [2.75, 3.05) is 0 Å². The molecule has 0 spiro atoms. The molecule has 1 N–H and O–H groups in total. The van der Waals surface area contributed by atoms with E-state index in [-0.39, 0.29) is 0 Å². The minimum Gasteiger partial charge on any atom is -0.336 e. The van der Waals surface area contributed by atoms with Crippen molar-refractivity contribution < 1.29 is 0 Å². The number of rotatable bonds is 1. The normalized spacial score (nSPS) is 11.6. The lowest BCUT2D eigenvalue weighted by Gasteiger charge is -2.00. The van der Waals surface area contributed by atoms with Gasteiger partial charge in [-0.05, 0) is 6.07 Å². The highest BCUT2D eigenvalue weighted by Crippen LogP contribution is 2.24. The minimum absolute atomic E-state index is 0.746. The lowest BCUT2D eigenvalue weighted by atomic mass is 10.2. The Hall–Kier alpha value is -3.21. The number of para-hydroxylation sites is 1. The number of hydrogen-bond donors (Lipinski definition) is 1. The molecule has 22 heavy (non-hydrogen) atoms. The molecule has 0 saturated heterocycles. The molecule has 0 aliphatic rings. The van der Waals surface area contributed by atoms with Crippen LogP contribution in [0.15, 0.2) is 60.8 Å². The monoisotopic (exact) mass is 285 g/mol. The lowest BCUT2D eigenvalue weighted by Crippen LogP contribution is -1.97. The SMILES string of the molecule is c1ccc(-c2ncc3nc4c(nn23)[nH]c2ccccc24)cc1. The Kier molecular flexibility index (Phi) is 2.16. The maximum Gasteiger partial charge on any atom is 0.178 e. The van der Waals surface area contributed by atoms with Crippen LogP contribution in [-0.2, 0) is 0 Å². The second kappa shape index (κ2) is 4.14. The summed E-state index contributed by atoms with van der Waals surface area (Å²) < 4.78 is 1.78. The fourth-order valence-corrected chi connectivity index (χ4v) is 2.81. The molecule has 0 amide bonds. The summed E-state index contributed by atoms with van der Waals surface area (Å²) in [6, 6.07) is 18.1. The van der Waals surface area contributed by atoms with Crippen LogP contribution in [0.4, 0.5) is 0 Å². The van der Waals surface area contributed by atoms with Crippen molar-refractivity contribution in [3.8, 4) is 11.4 Å². The molecule has 104 valence electrons. The Morgan fingerprint density at radius 3 is 2.64 bits per heavy atom. The van der Waals surface area contributed by atoms with Gasteiger partial charge in [0.2, 0.25) is 0 Å². The molecule has 0 aliphatic carbocycles. The molecule has 3 heterocycles. The molecule has 0 atom stereocenters. The number of aromatic amines is 1. The second-order valence-electron chi connectivity index (χ2n) is 5.20. The van der Waals surface area contributed by atoms with E-state index >= 15 is 0 Å². The van der Waals surface area contributed by atoms with Gasteiger partial charge in [0.25, 0.3) is 0 Å². The number of aromatic nitrogens is 5. The van der Waals surface area contributed by atoms with Crippen LogP contribution in [0.2, 0.25) is 0 Å². The molecule has 5 aromatic rings. The Morgan fingerprint density at radius 2 is 1.73 bits per heavy atom. The van der Waals surface area contributed by atoms with Crippen LogP contribution < -0.4 is 0 Å². The molecular formula is C17H11N5. The van der Waals surface area contributed by atoms with E-state index < -0.39 is 0 Å². The topological polar surface area (TPSA) is 58.9 Å². The first-order chi connectivity index (χ1) is 10.9. The maximum absolute atomic E-state index is 4.72. The van der Waals surface area contributed by atoms with Gasteiger partial charge < -0.3 is 4.98 Å². The van der Waals surface area contributed by atoms with Gasteiger partial charge >= 0.3 is 0 Å². The van der Waals surface area contributed by atoms with E-state index in [0.29, 0.717) is 0 Å². The minimum atomic E-state index is 0.746. The van der Waals surface area contributed by atoms with E-state index in [0.717, 1.165) is 39.1 Å². The fourth-order valence-electron chi connectivity index (χ4n) is 2.81. The van der Waals surface area contributed by atoms with E-state index in [9.17, 15) is 0 Å². The first kappa shape index (κ1) is 11.4. The Morgan fingerprint density at radius 1 is 0.909 bits per heavy atom. The molecule has 0 bridgehead atoms. The van der Waals surface area contributed by atoms with E-state index in [2.05, 4.69) is 15.1 Å². The maximum atomic E-state index is 4.72. The first-order valence-electron chi connectivity index (χ1n) is 7.08. The van der Waals surface area contributed by atoms with Gasteiger partial charge in [0.15, 0.2) is 17.1 Å². The lowest BCUT2D eigenvalue weighted by molar-refractivity contribution is 0.939. The Bertz CT molecular complexity index is 1120. The van der Waals surface area contributed by atoms with Crippen molar-refractivity contribution in [2.45, 2.75) is 0 Å². The number of nitrogens with zero attached hydrogens (tertiary/aromatic N) is 4. The number of imidazole rings is 1. The fraction of sp³-hybridized carbons (Fsp3) is 0. The summed E-state index contributed by atoms with van der Waals surface area (Å²) in [6.07, 6.45) is 1.76. The van der Waals surface area contributed by atoms with Crippen molar-refractivity contribution in [2.24, 2.45) is 0 Å². The summed E-state index contributed by atoms with van der Waals surface area (Å²) in [5.41, 5.74) is 4.45. The van der Waals surface area contributed by atoms with E-state index in [1.165, 1.54) is 0 Å². The molecule has 0 aliphatic heterocycles. The van der Waals surface area contributed by atoms with Gasteiger partial charge in [0, 0.05) is 16.5 Å². The Balaban J connectivity index is 1.87. The number of hydrogen-bond acceptors (Lipinski definition) is 3. The highest BCUT2D eigenvalue weighted by Gasteiger charge is 2.12. The summed E-state index contributed by atoms with van der Waals surface area (Å²) in [7, 11) is 0. The van der Waals surface area contributed by atoms with Crippen LogP contribution in [0.25, 0.3) is 39.1 Å². The molecule has 5 rings (SSSR count). The molecule has 0 radical (unpaired) electrons. The van der Waals surface area contributed by atoms with Crippen LogP contribution in [0, 0.1) is 0 Å². The van der Waals surface area contributed by atoms with Crippen LogP contribution in [0.3, 0.4) is 0 Å². The summed E-state index contributed by atoms with van der Waals surface area (Å²) in [6.45, 7) is 0. The van der Waals surface area contributed by atoms with Gasteiger partial charge in [-0.15, -0.1) is 5.10 Å². The van der Waals surface area contributed by atoms with Gasteiger partial charge in [0.05, 0.1) is 6.20 Å². The highest BCUT2D eigenvalue weighted by molar-refractivity contribution is 6.03. The molecule has 0 saturated carbocycles. The van der Waals surface area contributed by atoms with Gasteiger partial charge in [-0.3, -0.25) is 0 Å². The van der Waals surface area contributed by atoms with Crippen molar-refractivity contribution >= 4 is 27.7 Å². The molecule has 5 heteroatoms. The predicted molar refractivity (Wildman–Crippen MR) is 85.6 cm³/mol. The van der Waals surface area contributed by atoms with Crippen molar-refractivity contribution in [1.29, 1.82) is 0 Å². The van der Waals surface area contributed by atoms with Gasteiger partial charge in [-0.1, -0.05) is 48.5 Å². The molecular weight excluding hydrogens is 274 g/mol. The molecule has 3 aromatic heterocycles. The zero-order valence-corrected chi connectivity index (χ0v) is 11.6. The number of nitrogens with one attached hydrogen (secondary N) is 1. The van der Waals surface area contributed by atoms with Crippen LogP contribution in [0.5, 0.6) is 0 Å². The highest BCUT2D eigenvalue weighted by atomic mass is 15.3. The zero-order valence-electron chi connectivity index (χ0n) is 11.6. The molecule has 2 aromatic carbocycles. The predicted octanol–water partition coefficient (Wildman–Crippen LogP) is 3.43. The van der Waals surface area contributed by atoms with E-state index in [1.807, 2.05) is 54.6 Å². The van der Waals surface area contributed by atoms with Crippen molar-refractivity contribution in [1.82, 2.24) is 24.6 Å². The quantitative estimate of drug-likeness (QED) is 0.513.